The van der Waals surface area contributed by atoms with Crippen LogP contribution < -0.4 is 4.74 Å². The number of ether oxygens (including phenoxy) is 1. The monoisotopic (exact) mass is 351 g/mol. The fourth-order valence-electron chi connectivity index (χ4n) is 3.29. The first-order chi connectivity index (χ1) is 12.2. The van der Waals surface area contributed by atoms with E-state index in [9.17, 15) is 9.90 Å². The molecule has 0 unspecified atom stereocenters. The van der Waals surface area contributed by atoms with Crippen molar-refractivity contribution in [1.29, 1.82) is 0 Å². The molecule has 0 radical (unpaired) electrons. The number of benzene rings is 1. The van der Waals surface area contributed by atoms with Gasteiger partial charge in [-0.3, -0.25) is 4.98 Å². The van der Waals surface area contributed by atoms with Gasteiger partial charge < -0.3 is 9.84 Å². The van der Waals surface area contributed by atoms with Crippen molar-refractivity contribution in [2.45, 2.75) is 18.8 Å². The summed E-state index contributed by atoms with van der Waals surface area (Å²) in [5, 5.41) is 13.5. The zero-order chi connectivity index (χ0) is 17.2. The van der Waals surface area contributed by atoms with Gasteiger partial charge in [0.25, 0.3) is 0 Å². The summed E-state index contributed by atoms with van der Waals surface area (Å²) in [5.74, 6) is 0.326. The van der Waals surface area contributed by atoms with E-state index in [0.717, 1.165) is 17.7 Å². The van der Waals surface area contributed by atoms with Crippen molar-refractivity contribution in [3.05, 3.63) is 70.2 Å². The highest BCUT2D eigenvalue weighted by molar-refractivity contribution is 7.08. The van der Waals surface area contributed by atoms with Gasteiger partial charge in [-0.15, -0.1) is 0 Å². The standard InChI is InChI=1S/C20H17NO3S/c22-20(23)18-5-7-21-10-14(18)1-2-15-11-24-19-9-13(3-4-17(15)19)16-6-8-25-12-16/h3-10,12,15H,1-2,11H2,(H,22,23)/t15-/m0/s1. The van der Waals surface area contributed by atoms with E-state index < -0.39 is 5.97 Å². The topological polar surface area (TPSA) is 59.4 Å². The molecule has 1 atom stereocenters. The molecule has 4 rings (SSSR count). The molecule has 126 valence electrons. The van der Waals surface area contributed by atoms with Crippen molar-refractivity contribution < 1.29 is 14.6 Å². The largest absolute Gasteiger partial charge is 0.493 e. The van der Waals surface area contributed by atoms with Crippen molar-refractivity contribution in [3.8, 4) is 16.9 Å². The van der Waals surface area contributed by atoms with Crippen molar-refractivity contribution in [2.75, 3.05) is 6.61 Å². The van der Waals surface area contributed by atoms with E-state index in [1.807, 2.05) is 0 Å². The Hall–Kier alpha value is -2.66. The highest BCUT2D eigenvalue weighted by Crippen LogP contribution is 2.39. The number of nitrogens with zero attached hydrogens (tertiary/aromatic N) is 1. The number of carbonyl (C=O) groups is 1. The number of pyridine rings is 1. The Morgan fingerprint density at radius 1 is 1.28 bits per heavy atom. The molecule has 3 heterocycles. The SMILES string of the molecule is O=C(O)c1ccncc1CC[C@H]1COc2cc(-c3ccsc3)ccc21. The van der Waals surface area contributed by atoms with Gasteiger partial charge in [-0.2, -0.15) is 11.3 Å². The van der Waals surface area contributed by atoms with E-state index in [2.05, 4.69) is 40.0 Å². The lowest BCUT2D eigenvalue weighted by atomic mass is 9.92. The fourth-order valence-corrected chi connectivity index (χ4v) is 3.95. The number of rotatable bonds is 5. The van der Waals surface area contributed by atoms with E-state index in [-0.39, 0.29) is 5.92 Å². The molecule has 0 saturated heterocycles. The Labute approximate surface area is 149 Å². The Bertz CT molecular complexity index is 905. The first kappa shape index (κ1) is 15.8. The Morgan fingerprint density at radius 2 is 2.20 bits per heavy atom. The molecule has 0 amide bonds. The molecular formula is C20H17NO3S. The lowest BCUT2D eigenvalue weighted by molar-refractivity contribution is 0.0695. The van der Waals surface area contributed by atoms with Crippen molar-refractivity contribution in [2.24, 2.45) is 0 Å². The lowest BCUT2D eigenvalue weighted by Gasteiger charge is -2.10. The summed E-state index contributed by atoms with van der Waals surface area (Å²) in [6.45, 7) is 0.644. The molecule has 0 fully saturated rings. The molecule has 1 N–H and O–H groups in total. The van der Waals surface area contributed by atoms with Crippen LogP contribution >= 0.6 is 11.3 Å². The molecule has 4 nitrogen and oxygen atoms in total. The Balaban J connectivity index is 1.51. The number of thiophene rings is 1. The fraction of sp³-hybridized carbons (Fsp3) is 0.200. The van der Waals surface area contributed by atoms with Gasteiger partial charge in [-0.1, -0.05) is 12.1 Å². The average molecular weight is 351 g/mol. The normalized spacial score (nSPS) is 15.6. The minimum absolute atomic E-state index is 0.286. The number of hydrogen-bond acceptors (Lipinski definition) is 4. The van der Waals surface area contributed by atoms with Crippen molar-refractivity contribution in [3.63, 3.8) is 0 Å². The molecule has 25 heavy (non-hydrogen) atoms. The minimum atomic E-state index is -0.902. The van der Waals surface area contributed by atoms with Gasteiger partial charge >= 0.3 is 5.97 Å². The van der Waals surface area contributed by atoms with Crippen LogP contribution in [0.3, 0.4) is 0 Å². The van der Waals surface area contributed by atoms with Crippen LogP contribution in [0.4, 0.5) is 0 Å². The first-order valence-corrected chi connectivity index (χ1v) is 9.12. The zero-order valence-electron chi connectivity index (χ0n) is 13.5. The van der Waals surface area contributed by atoms with E-state index in [0.29, 0.717) is 18.6 Å². The van der Waals surface area contributed by atoms with E-state index >= 15 is 0 Å². The highest BCUT2D eigenvalue weighted by Gasteiger charge is 2.25. The molecule has 1 aliphatic heterocycles. The molecule has 0 aliphatic carbocycles. The molecule has 5 heteroatoms. The average Bonchev–Trinajstić information content (AvgIpc) is 3.29. The predicted molar refractivity (Wildman–Crippen MR) is 97.5 cm³/mol. The third-order valence-electron chi connectivity index (χ3n) is 4.64. The summed E-state index contributed by atoms with van der Waals surface area (Å²) in [6.07, 6.45) is 4.69. The summed E-state index contributed by atoms with van der Waals surface area (Å²) < 4.78 is 5.89. The third-order valence-corrected chi connectivity index (χ3v) is 5.33. The molecule has 1 aromatic carbocycles. The smallest absolute Gasteiger partial charge is 0.336 e. The number of aryl methyl sites for hydroxylation is 1. The molecular weight excluding hydrogens is 334 g/mol. The molecule has 0 spiro atoms. The van der Waals surface area contributed by atoms with E-state index in [1.54, 1.807) is 23.6 Å². The van der Waals surface area contributed by atoms with Gasteiger partial charge in [-0.25, -0.2) is 4.79 Å². The summed E-state index contributed by atoms with van der Waals surface area (Å²) in [5.41, 5.74) is 4.70. The van der Waals surface area contributed by atoms with Gasteiger partial charge in [0, 0.05) is 23.9 Å². The van der Waals surface area contributed by atoms with Crippen LogP contribution in [-0.2, 0) is 6.42 Å². The number of aromatic nitrogens is 1. The molecule has 1 aliphatic rings. The van der Waals surface area contributed by atoms with Crippen LogP contribution in [0, 0.1) is 0 Å². The molecule has 3 aromatic rings. The predicted octanol–water partition coefficient (Wildman–Crippen LogP) is 4.62. The van der Waals surface area contributed by atoms with Crippen molar-refractivity contribution >= 4 is 17.3 Å². The van der Waals surface area contributed by atoms with Crippen LogP contribution in [0.5, 0.6) is 5.75 Å². The Morgan fingerprint density at radius 3 is 3.00 bits per heavy atom. The van der Waals surface area contributed by atoms with Gasteiger partial charge in [0.05, 0.1) is 12.2 Å². The summed E-state index contributed by atoms with van der Waals surface area (Å²) in [6, 6.07) is 10.0. The van der Waals surface area contributed by atoms with Crippen LogP contribution in [0.15, 0.2) is 53.5 Å². The quantitative estimate of drug-likeness (QED) is 0.729. The number of carboxylic acids is 1. The third kappa shape index (κ3) is 3.15. The molecule has 0 bridgehead atoms. The Kier molecular flexibility index (Phi) is 4.24. The van der Waals surface area contributed by atoms with Gasteiger partial charge in [0.1, 0.15) is 5.75 Å². The maximum Gasteiger partial charge on any atom is 0.336 e. The molecule has 2 aromatic heterocycles. The second-order valence-electron chi connectivity index (χ2n) is 6.15. The van der Waals surface area contributed by atoms with E-state index in [1.165, 1.54) is 22.9 Å². The van der Waals surface area contributed by atoms with E-state index in [4.69, 9.17) is 4.74 Å². The lowest BCUT2D eigenvalue weighted by Crippen LogP contribution is -2.07. The first-order valence-electron chi connectivity index (χ1n) is 8.18. The van der Waals surface area contributed by atoms with Crippen LogP contribution in [0.25, 0.3) is 11.1 Å². The minimum Gasteiger partial charge on any atom is -0.493 e. The van der Waals surface area contributed by atoms with Gasteiger partial charge in [0.15, 0.2) is 0 Å². The number of aromatic carboxylic acids is 1. The number of hydrogen-bond donors (Lipinski definition) is 1. The highest BCUT2D eigenvalue weighted by atomic mass is 32.1. The van der Waals surface area contributed by atoms with Crippen molar-refractivity contribution in [1.82, 2.24) is 4.98 Å². The second-order valence-corrected chi connectivity index (χ2v) is 6.93. The zero-order valence-corrected chi connectivity index (χ0v) is 14.3. The summed E-state index contributed by atoms with van der Waals surface area (Å²) in [7, 11) is 0. The number of fused-ring (bicyclic) bond motifs is 1. The maximum atomic E-state index is 11.3. The van der Waals surface area contributed by atoms with Gasteiger partial charge in [0.2, 0.25) is 0 Å². The van der Waals surface area contributed by atoms with Crippen LogP contribution in [-0.4, -0.2) is 22.7 Å². The maximum absolute atomic E-state index is 11.3. The second kappa shape index (κ2) is 6.69. The van der Waals surface area contributed by atoms with Crippen LogP contribution in [0.2, 0.25) is 0 Å². The van der Waals surface area contributed by atoms with Crippen LogP contribution in [0.1, 0.15) is 33.8 Å². The summed E-state index contributed by atoms with van der Waals surface area (Å²) >= 11 is 1.68. The molecule has 0 saturated carbocycles. The summed E-state index contributed by atoms with van der Waals surface area (Å²) in [4.78, 5) is 15.4. The number of carboxylic acid groups (broad SMARTS) is 1. The van der Waals surface area contributed by atoms with Gasteiger partial charge in [-0.05, 0) is 58.5 Å².